The molecule has 1 heterocycles. The summed E-state index contributed by atoms with van der Waals surface area (Å²) in [7, 11) is 0. The third-order valence-corrected chi connectivity index (χ3v) is 4.22. The van der Waals surface area contributed by atoms with Crippen LogP contribution in [0.3, 0.4) is 0 Å². The highest BCUT2D eigenvalue weighted by molar-refractivity contribution is 9.10. The Bertz CT molecular complexity index is 621. The van der Waals surface area contributed by atoms with Crippen molar-refractivity contribution in [3.63, 3.8) is 0 Å². The first-order chi connectivity index (χ1) is 9.47. The highest BCUT2D eigenvalue weighted by Gasteiger charge is 2.25. The summed E-state index contributed by atoms with van der Waals surface area (Å²) in [5, 5.41) is 3.36. The monoisotopic (exact) mass is 339 g/mol. The zero-order valence-electron chi connectivity index (χ0n) is 12.2. The maximum Gasteiger partial charge on any atom is 0.142 e. The molecule has 1 N–H and O–H groups in total. The normalized spacial score (nSPS) is 12.7. The van der Waals surface area contributed by atoms with Crippen LogP contribution >= 0.6 is 15.9 Å². The van der Waals surface area contributed by atoms with Crippen molar-refractivity contribution in [2.24, 2.45) is 0 Å². The van der Waals surface area contributed by atoms with Crippen LogP contribution in [0.2, 0.25) is 0 Å². The van der Waals surface area contributed by atoms with Gasteiger partial charge in [-0.15, -0.1) is 0 Å². The first-order valence-corrected chi connectivity index (χ1v) is 7.50. The van der Waals surface area contributed by atoms with Gasteiger partial charge in [0.15, 0.2) is 0 Å². The first kappa shape index (κ1) is 15.3. The van der Waals surface area contributed by atoms with E-state index in [4.69, 9.17) is 4.42 Å². The van der Waals surface area contributed by atoms with Gasteiger partial charge in [0.25, 0.3) is 0 Å². The van der Waals surface area contributed by atoms with Gasteiger partial charge >= 0.3 is 0 Å². The summed E-state index contributed by atoms with van der Waals surface area (Å²) in [5.74, 6) is 1.50. The van der Waals surface area contributed by atoms with Gasteiger partial charge < -0.3 is 9.73 Å². The standard InChI is InChI=1S/C16H19BrFNO/c1-5-19-16(12-7-6-8-13(17)15(12)18)14-9(2)10(3)20-11(14)4/h6-8,16,19H,5H2,1-4H3. The molecule has 1 atom stereocenters. The van der Waals surface area contributed by atoms with Crippen molar-refractivity contribution in [2.75, 3.05) is 6.54 Å². The van der Waals surface area contributed by atoms with E-state index in [0.717, 1.165) is 29.2 Å². The Balaban J connectivity index is 2.59. The fraction of sp³-hybridized carbons (Fsp3) is 0.375. The molecule has 2 nitrogen and oxygen atoms in total. The molecule has 0 bridgehead atoms. The molecule has 108 valence electrons. The molecule has 0 amide bonds. The van der Waals surface area contributed by atoms with Gasteiger partial charge in [-0.25, -0.2) is 4.39 Å². The van der Waals surface area contributed by atoms with E-state index in [2.05, 4.69) is 21.2 Å². The van der Waals surface area contributed by atoms with Gasteiger partial charge in [-0.05, 0) is 54.9 Å². The third kappa shape index (κ3) is 2.67. The second-order valence-corrected chi connectivity index (χ2v) is 5.74. The largest absolute Gasteiger partial charge is 0.466 e. The number of hydrogen-bond donors (Lipinski definition) is 1. The zero-order chi connectivity index (χ0) is 14.9. The van der Waals surface area contributed by atoms with Crippen molar-refractivity contribution >= 4 is 15.9 Å². The lowest BCUT2D eigenvalue weighted by Gasteiger charge is -2.20. The SMILES string of the molecule is CCNC(c1cccc(Br)c1F)c1c(C)oc(C)c1C. The van der Waals surface area contributed by atoms with E-state index >= 15 is 0 Å². The van der Waals surface area contributed by atoms with Crippen molar-refractivity contribution in [2.45, 2.75) is 33.7 Å². The van der Waals surface area contributed by atoms with Gasteiger partial charge in [0.1, 0.15) is 17.3 Å². The van der Waals surface area contributed by atoms with Gasteiger partial charge in [0.2, 0.25) is 0 Å². The number of benzene rings is 1. The van der Waals surface area contributed by atoms with E-state index in [0.29, 0.717) is 10.0 Å². The second-order valence-electron chi connectivity index (χ2n) is 4.89. The Kier molecular flexibility index (Phi) is 4.66. The molecule has 0 aliphatic carbocycles. The van der Waals surface area contributed by atoms with Crippen LogP contribution in [0.15, 0.2) is 27.1 Å². The quantitative estimate of drug-likeness (QED) is 0.864. The van der Waals surface area contributed by atoms with Crippen molar-refractivity contribution < 1.29 is 8.81 Å². The third-order valence-electron chi connectivity index (χ3n) is 3.61. The Morgan fingerprint density at radius 1 is 1.25 bits per heavy atom. The molecular weight excluding hydrogens is 321 g/mol. The molecule has 0 saturated heterocycles. The molecule has 1 aromatic carbocycles. The van der Waals surface area contributed by atoms with E-state index in [9.17, 15) is 4.39 Å². The molecule has 0 spiro atoms. The second kappa shape index (κ2) is 6.10. The zero-order valence-corrected chi connectivity index (χ0v) is 13.8. The van der Waals surface area contributed by atoms with Crippen LogP contribution in [-0.2, 0) is 0 Å². The average Bonchev–Trinajstić information content (AvgIpc) is 2.65. The number of halogens is 2. The molecule has 4 heteroatoms. The van der Waals surface area contributed by atoms with Gasteiger partial charge in [0, 0.05) is 11.1 Å². The maximum absolute atomic E-state index is 14.4. The van der Waals surface area contributed by atoms with E-state index < -0.39 is 0 Å². The molecule has 1 aromatic heterocycles. The number of nitrogens with one attached hydrogen (secondary N) is 1. The van der Waals surface area contributed by atoms with Crippen molar-refractivity contribution in [1.29, 1.82) is 0 Å². The Morgan fingerprint density at radius 3 is 2.50 bits per heavy atom. The topological polar surface area (TPSA) is 25.2 Å². The molecule has 2 rings (SSSR count). The van der Waals surface area contributed by atoms with Crippen LogP contribution in [0.25, 0.3) is 0 Å². The lowest BCUT2D eigenvalue weighted by Crippen LogP contribution is -2.24. The fourth-order valence-corrected chi connectivity index (χ4v) is 2.93. The summed E-state index contributed by atoms with van der Waals surface area (Å²) in [6.07, 6.45) is 0. The molecular formula is C16H19BrFNO. The molecule has 20 heavy (non-hydrogen) atoms. The molecule has 0 saturated carbocycles. The molecule has 1 unspecified atom stereocenters. The van der Waals surface area contributed by atoms with E-state index in [1.54, 1.807) is 6.07 Å². The Hall–Kier alpha value is -1.13. The van der Waals surface area contributed by atoms with Crippen molar-refractivity contribution in [3.05, 3.63) is 56.7 Å². The summed E-state index contributed by atoms with van der Waals surface area (Å²) in [5.41, 5.74) is 2.74. The van der Waals surface area contributed by atoms with Crippen LogP contribution in [0.1, 0.15) is 41.2 Å². The lowest BCUT2D eigenvalue weighted by molar-refractivity contribution is 0.491. The van der Waals surface area contributed by atoms with Gasteiger partial charge in [-0.3, -0.25) is 0 Å². The molecule has 2 aromatic rings. The minimum absolute atomic E-state index is 0.199. The summed E-state index contributed by atoms with van der Waals surface area (Å²) in [6.45, 7) is 8.64. The highest BCUT2D eigenvalue weighted by Crippen LogP contribution is 2.34. The molecule has 0 aliphatic heterocycles. The highest BCUT2D eigenvalue weighted by atomic mass is 79.9. The van der Waals surface area contributed by atoms with Crippen molar-refractivity contribution in [1.82, 2.24) is 5.32 Å². The Morgan fingerprint density at radius 2 is 1.95 bits per heavy atom. The van der Waals surface area contributed by atoms with Crippen LogP contribution in [0.4, 0.5) is 4.39 Å². The lowest BCUT2D eigenvalue weighted by atomic mass is 9.95. The summed E-state index contributed by atoms with van der Waals surface area (Å²) >= 11 is 3.25. The average molecular weight is 340 g/mol. The van der Waals surface area contributed by atoms with Gasteiger partial charge in [-0.1, -0.05) is 19.1 Å². The van der Waals surface area contributed by atoms with E-state index in [1.807, 2.05) is 39.8 Å². The molecule has 0 radical (unpaired) electrons. The smallest absolute Gasteiger partial charge is 0.142 e. The van der Waals surface area contributed by atoms with E-state index in [1.165, 1.54) is 0 Å². The fourth-order valence-electron chi connectivity index (χ4n) is 2.55. The van der Waals surface area contributed by atoms with Gasteiger partial charge in [-0.2, -0.15) is 0 Å². The number of furan rings is 1. The maximum atomic E-state index is 14.4. The predicted molar refractivity (Wildman–Crippen MR) is 82.5 cm³/mol. The molecule has 0 aliphatic rings. The van der Waals surface area contributed by atoms with Crippen LogP contribution < -0.4 is 5.32 Å². The van der Waals surface area contributed by atoms with Crippen molar-refractivity contribution in [3.8, 4) is 0 Å². The molecule has 0 fully saturated rings. The minimum atomic E-state index is -0.226. The van der Waals surface area contributed by atoms with E-state index in [-0.39, 0.29) is 11.9 Å². The number of hydrogen-bond acceptors (Lipinski definition) is 2. The van der Waals surface area contributed by atoms with Crippen LogP contribution in [-0.4, -0.2) is 6.54 Å². The predicted octanol–water partition coefficient (Wildman–Crippen LogP) is 4.81. The first-order valence-electron chi connectivity index (χ1n) is 6.71. The number of rotatable bonds is 4. The van der Waals surface area contributed by atoms with Gasteiger partial charge in [0.05, 0.1) is 10.5 Å². The van der Waals surface area contributed by atoms with Crippen LogP contribution in [0, 0.1) is 26.6 Å². The minimum Gasteiger partial charge on any atom is -0.466 e. The summed E-state index contributed by atoms with van der Waals surface area (Å²) in [6, 6.07) is 5.18. The Labute approximate surface area is 127 Å². The number of aryl methyl sites for hydroxylation is 2. The van der Waals surface area contributed by atoms with Crippen LogP contribution in [0.5, 0.6) is 0 Å². The summed E-state index contributed by atoms with van der Waals surface area (Å²) < 4.78 is 20.6. The summed E-state index contributed by atoms with van der Waals surface area (Å²) in [4.78, 5) is 0.